The van der Waals surface area contributed by atoms with Crippen molar-refractivity contribution in [1.29, 1.82) is 0 Å². The van der Waals surface area contributed by atoms with Gasteiger partial charge in [0, 0.05) is 18.5 Å². The van der Waals surface area contributed by atoms with Crippen LogP contribution in [0.5, 0.6) is 5.75 Å². The molecule has 2 aromatic rings. The van der Waals surface area contributed by atoms with E-state index in [0.717, 1.165) is 11.3 Å². The van der Waals surface area contributed by atoms with Crippen molar-refractivity contribution in [2.75, 3.05) is 23.4 Å². The Balaban J connectivity index is 1.57. The second-order valence-corrected chi connectivity index (χ2v) is 7.25. The zero-order valence-electron chi connectivity index (χ0n) is 17.4. The van der Waals surface area contributed by atoms with Crippen LogP contribution in [0.25, 0.3) is 0 Å². The van der Waals surface area contributed by atoms with Gasteiger partial charge in [-0.1, -0.05) is 6.07 Å². The quantitative estimate of drug-likeness (QED) is 0.734. The summed E-state index contributed by atoms with van der Waals surface area (Å²) in [5, 5.41) is 2.75. The van der Waals surface area contributed by atoms with Gasteiger partial charge in [0.05, 0.1) is 24.4 Å². The zero-order chi connectivity index (χ0) is 21.7. The fourth-order valence-electron chi connectivity index (χ4n) is 3.27. The smallest absolute Gasteiger partial charge is 0.338 e. The monoisotopic (exact) mass is 410 g/mol. The molecule has 3 rings (SSSR count). The average molecular weight is 410 g/mol. The largest absolute Gasteiger partial charge is 0.487 e. The van der Waals surface area contributed by atoms with Crippen LogP contribution in [0.3, 0.4) is 0 Å². The number of aryl methyl sites for hydroxylation is 1. The minimum Gasteiger partial charge on any atom is -0.487 e. The fraction of sp³-hybridized carbons (Fsp3) is 0.348. The number of esters is 1. The highest BCUT2D eigenvalue weighted by molar-refractivity contribution is 5.99. The summed E-state index contributed by atoms with van der Waals surface area (Å²) >= 11 is 0. The number of rotatable bonds is 6. The lowest BCUT2D eigenvalue weighted by molar-refractivity contribution is -0.122. The second kappa shape index (κ2) is 9.43. The third-order valence-electron chi connectivity index (χ3n) is 4.72. The van der Waals surface area contributed by atoms with Crippen LogP contribution in [0.1, 0.15) is 42.6 Å². The summed E-state index contributed by atoms with van der Waals surface area (Å²) in [5.74, 6) is -0.113. The second-order valence-electron chi connectivity index (χ2n) is 7.25. The van der Waals surface area contributed by atoms with Gasteiger partial charge in [-0.25, -0.2) is 4.79 Å². The Kier molecular flexibility index (Phi) is 6.72. The highest BCUT2D eigenvalue weighted by Crippen LogP contribution is 2.34. The molecule has 7 heteroatoms. The van der Waals surface area contributed by atoms with E-state index in [0.29, 0.717) is 30.2 Å². The van der Waals surface area contributed by atoms with Gasteiger partial charge in [0.2, 0.25) is 11.8 Å². The topological polar surface area (TPSA) is 84.9 Å². The van der Waals surface area contributed by atoms with Crippen molar-refractivity contribution in [1.82, 2.24) is 0 Å². The lowest BCUT2D eigenvalue weighted by atomic mass is 10.1. The van der Waals surface area contributed by atoms with Crippen LogP contribution in [0, 0.1) is 6.92 Å². The van der Waals surface area contributed by atoms with Crippen LogP contribution < -0.4 is 15.0 Å². The standard InChI is InChI=1S/C23H26N2O5/c1-4-29-23(28)17-6-8-18(9-7-17)24-21(26)11-12-22(27)25-14-16(3)30-20-10-5-15(2)13-19(20)25/h5-10,13,16H,4,11-12,14H2,1-3H3,(H,24,26)/t16-/m0/s1. The van der Waals surface area contributed by atoms with E-state index in [9.17, 15) is 14.4 Å². The number of fused-ring (bicyclic) bond motifs is 1. The molecule has 1 aliphatic rings. The Labute approximate surface area is 176 Å². The SMILES string of the molecule is CCOC(=O)c1ccc(NC(=O)CCC(=O)N2C[C@H](C)Oc3ccc(C)cc32)cc1. The van der Waals surface area contributed by atoms with Crippen LogP contribution in [0.15, 0.2) is 42.5 Å². The number of benzene rings is 2. The Morgan fingerprint density at radius 1 is 1.13 bits per heavy atom. The molecule has 0 aromatic heterocycles. The number of hydrogen-bond donors (Lipinski definition) is 1. The van der Waals surface area contributed by atoms with E-state index >= 15 is 0 Å². The first-order chi connectivity index (χ1) is 14.4. The van der Waals surface area contributed by atoms with Gasteiger partial charge in [-0.2, -0.15) is 0 Å². The number of nitrogens with one attached hydrogen (secondary N) is 1. The Hall–Kier alpha value is -3.35. The predicted molar refractivity (Wildman–Crippen MR) is 114 cm³/mol. The Morgan fingerprint density at radius 3 is 2.57 bits per heavy atom. The van der Waals surface area contributed by atoms with Crippen molar-refractivity contribution < 1.29 is 23.9 Å². The fourth-order valence-corrected chi connectivity index (χ4v) is 3.27. The first-order valence-electron chi connectivity index (χ1n) is 10.0. The minimum atomic E-state index is -0.406. The van der Waals surface area contributed by atoms with E-state index in [-0.39, 0.29) is 30.8 Å². The summed E-state index contributed by atoms with van der Waals surface area (Å²) in [6.07, 6.45) is 0.0361. The van der Waals surface area contributed by atoms with E-state index in [1.165, 1.54) is 0 Å². The zero-order valence-corrected chi connectivity index (χ0v) is 17.4. The summed E-state index contributed by atoms with van der Waals surface area (Å²) in [4.78, 5) is 38.5. The molecule has 0 fully saturated rings. The first kappa shape index (κ1) is 21.4. The number of amides is 2. The van der Waals surface area contributed by atoms with Crippen LogP contribution >= 0.6 is 0 Å². The molecule has 30 heavy (non-hydrogen) atoms. The molecule has 0 radical (unpaired) electrons. The van der Waals surface area contributed by atoms with Gasteiger partial charge < -0.3 is 19.7 Å². The molecule has 0 unspecified atom stereocenters. The molecule has 0 bridgehead atoms. The van der Waals surface area contributed by atoms with E-state index in [2.05, 4.69) is 5.32 Å². The number of carbonyl (C=O) groups is 3. The molecular weight excluding hydrogens is 384 g/mol. The molecule has 1 heterocycles. The van der Waals surface area contributed by atoms with Crippen molar-refractivity contribution in [2.45, 2.75) is 39.7 Å². The van der Waals surface area contributed by atoms with E-state index in [4.69, 9.17) is 9.47 Å². The van der Waals surface area contributed by atoms with Crippen LogP contribution in [0.2, 0.25) is 0 Å². The molecule has 2 amide bonds. The van der Waals surface area contributed by atoms with E-state index in [1.54, 1.807) is 36.1 Å². The number of nitrogens with zero attached hydrogens (tertiary/aromatic N) is 1. The first-order valence-corrected chi connectivity index (χ1v) is 10.0. The summed E-state index contributed by atoms with van der Waals surface area (Å²) in [6.45, 7) is 6.37. The maximum Gasteiger partial charge on any atom is 0.338 e. The Bertz CT molecular complexity index is 939. The number of anilines is 2. The summed E-state index contributed by atoms with van der Waals surface area (Å²) < 4.78 is 10.7. The van der Waals surface area contributed by atoms with Gasteiger partial charge in [0.25, 0.3) is 0 Å². The summed E-state index contributed by atoms with van der Waals surface area (Å²) in [7, 11) is 0. The molecule has 2 aromatic carbocycles. The third-order valence-corrected chi connectivity index (χ3v) is 4.72. The molecule has 0 aliphatic carbocycles. The maximum atomic E-state index is 12.8. The average Bonchev–Trinajstić information content (AvgIpc) is 2.72. The highest BCUT2D eigenvalue weighted by Gasteiger charge is 2.27. The number of hydrogen-bond acceptors (Lipinski definition) is 5. The molecule has 0 saturated heterocycles. The normalized spacial score (nSPS) is 15.0. The lowest BCUT2D eigenvalue weighted by Crippen LogP contribution is -2.42. The molecule has 1 atom stereocenters. The van der Waals surface area contributed by atoms with Gasteiger partial charge in [-0.3, -0.25) is 9.59 Å². The third kappa shape index (κ3) is 5.17. The molecule has 7 nitrogen and oxygen atoms in total. The van der Waals surface area contributed by atoms with E-state index < -0.39 is 5.97 Å². The molecule has 158 valence electrons. The Morgan fingerprint density at radius 2 is 1.87 bits per heavy atom. The summed E-state index contributed by atoms with van der Waals surface area (Å²) in [6, 6.07) is 12.2. The molecule has 1 aliphatic heterocycles. The van der Waals surface area contributed by atoms with Gasteiger partial charge in [-0.05, 0) is 62.7 Å². The molecular formula is C23H26N2O5. The van der Waals surface area contributed by atoms with Crippen molar-refractivity contribution in [3.05, 3.63) is 53.6 Å². The predicted octanol–water partition coefficient (Wildman–Crippen LogP) is 3.70. The highest BCUT2D eigenvalue weighted by atomic mass is 16.5. The van der Waals surface area contributed by atoms with Crippen molar-refractivity contribution >= 4 is 29.2 Å². The number of carbonyl (C=O) groups excluding carboxylic acids is 3. The van der Waals surface area contributed by atoms with E-state index in [1.807, 2.05) is 32.0 Å². The van der Waals surface area contributed by atoms with Gasteiger partial charge >= 0.3 is 5.97 Å². The van der Waals surface area contributed by atoms with Crippen LogP contribution in [-0.4, -0.2) is 37.0 Å². The van der Waals surface area contributed by atoms with Crippen LogP contribution in [0.4, 0.5) is 11.4 Å². The van der Waals surface area contributed by atoms with Crippen molar-refractivity contribution in [3.63, 3.8) is 0 Å². The summed E-state index contributed by atoms with van der Waals surface area (Å²) in [5.41, 5.74) is 2.75. The molecule has 0 saturated carbocycles. The maximum absolute atomic E-state index is 12.8. The lowest BCUT2D eigenvalue weighted by Gasteiger charge is -2.33. The van der Waals surface area contributed by atoms with Crippen molar-refractivity contribution in [3.8, 4) is 5.75 Å². The molecule has 1 N–H and O–H groups in total. The molecule has 0 spiro atoms. The van der Waals surface area contributed by atoms with Gasteiger partial charge in [0.15, 0.2) is 0 Å². The van der Waals surface area contributed by atoms with Gasteiger partial charge in [0.1, 0.15) is 11.9 Å². The number of ether oxygens (including phenoxy) is 2. The minimum absolute atomic E-state index is 0.0609. The van der Waals surface area contributed by atoms with Gasteiger partial charge in [-0.15, -0.1) is 0 Å². The van der Waals surface area contributed by atoms with Crippen LogP contribution in [-0.2, 0) is 14.3 Å². The van der Waals surface area contributed by atoms with Crippen molar-refractivity contribution in [2.24, 2.45) is 0 Å².